The number of anilines is 6. The largest absolute Gasteiger partial charge is 0.436 e. The topological polar surface area (TPSA) is 32.5 Å². The second-order valence-corrected chi connectivity index (χ2v) is 15.2. The quantitative estimate of drug-likeness (QED) is 0.146. The van der Waals surface area contributed by atoms with E-state index in [9.17, 15) is 0 Å². The first-order valence-electron chi connectivity index (χ1n) is 20.6. The minimum atomic E-state index is 0.594. The Labute approximate surface area is 354 Å². The molecule has 11 rings (SSSR count). The van der Waals surface area contributed by atoms with Gasteiger partial charge in [0, 0.05) is 39.5 Å². The minimum Gasteiger partial charge on any atom is -0.436 e. The van der Waals surface area contributed by atoms with Gasteiger partial charge in [-0.2, -0.15) is 0 Å². The summed E-state index contributed by atoms with van der Waals surface area (Å²) >= 11 is 0. The van der Waals surface area contributed by atoms with Gasteiger partial charge in [0.1, 0.15) is 5.52 Å². The van der Waals surface area contributed by atoms with Crippen LogP contribution in [0.5, 0.6) is 0 Å². The molecule has 0 unspecified atom stereocenters. The molecule has 0 saturated carbocycles. The highest BCUT2D eigenvalue weighted by Gasteiger charge is 2.19. The predicted molar refractivity (Wildman–Crippen MR) is 255 cm³/mol. The number of rotatable bonds is 9. The zero-order chi connectivity index (χ0) is 40.5. The molecule has 0 saturated heterocycles. The van der Waals surface area contributed by atoms with Crippen molar-refractivity contribution in [2.45, 2.75) is 0 Å². The lowest BCUT2D eigenvalue weighted by molar-refractivity contribution is 0.620. The van der Waals surface area contributed by atoms with Crippen molar-refractivity contribution < 1.29 is 4.42 Å². The van der Waals surface area contributed by atoms with Gasteiger partial charge in [-0.1, -0.05) is 152 Å². The Kier molecular flexibility index (Phi) is 9.14. The third-order valence-corrected chi connectivity index (χ3v) is 11.5. The average molecular weight is 782 g/mol. The van der Waals surface area contributed by atoms with Crippen LogP contribution < -0.4 is 9.80 Å². The average Bonchev–Trinajstić information content (AvgIpc) is 3.77. The van der Waals surface area contributed by atoms with Gasteiger partial charge in [-0.3, -0.25) is 0 Å². The molecule has 288 valence electrons. The summed E-state index contributed by atoms with van der Waals surface area (Å²) in [5.74, 6) is 0.594. The van der Waals surface area contributed by atoms with Crippen LogP contribution in [-0.2, 0) is 0 Å². The van der Waals surface area contributed by atoms with Crippen molar-refractivity contribution in [1.82, 2.24) is 4.98 Å². The number of benzene rings is 10. The van der Waals surface area contributed by atoms with E-state index in [1.165, 1.54) is 21.5 Å². The van der Waals surface area contributed by atoms with Crippen molar-refractivity contribution in [2.75, 3.05) is 9.80 Å². The number of hydrogen-bond donors (Lipinski definition) is 0. The van der Waals surface area contributed by atoms with Gasteiger partial charge in [0.05, 0.1) is 17.1 Å². The summed E-state index contributed by atoms with van der Waals surface area (Å²) < 4.78 is 6.49. The van der Waals surface area contributed by atoms with Crippen LogP contribution in [0, 0.1) is 0 Å². The van der Waals surface area contributed by atoms with Crippen molar-refractivity contribution in [3.63, 3.8) is 0 Å². The van der Waals surface area contributed by atoms with Crippen molar-refractivity contribution >= 4 is 66.8 Å². The Bertz CT molecular complexity index is 3290. The third kappa shape index (κ3) is 6.86. The van der Waals surface area contributed by atoms with E-state index in [1.54, 1.807) is 0 Å². The number of oxazole rings is 1. The van der Waals surface area contributed by atoms with Crippen molar-refractivity contribution in [1.29, 1.82) is 0 Å². The maximum Gasteiger partial charge on any atom is 0.227 e. The highest BCUT2D eigenvalue weighted by Crippen LogP contribution is 2.42. The first kappa shape index (κ1) is 35.9. The van der Waals surface area contributed by atoms with Crippen LogP contribution in [0.15, 0.2) is 241 Å². The number of fused-ring (bicyclic) bond motifs is 3. The molecule has 0 amide bonds. The van der Waals surface area contributed by atoms with E-state index in [0.29, 0.717) is 5.89 Å². The highest BCUT2D eigenvalue weighted by atomic mass is 16.3. The molecule has 0 aliphatic heterocycles. The first-order valence-corrected chi connectivity index (χ1v) is 20.6. The minimum absolute atomic E-state index is 0.594. The van der Waals surface area contributed by atoms with Crippen molar-refractivity contribution in [3.8, 4) is 33.7 Å². The maximum absolute atomic E-state index is 6.49. The van der Waals surface area contributed by atoms with E-state index < -0.39 is 0 Å². The Morgan fingerprint density at radius 1 is 0.311 bits per heavy atom. The highest BCUT2D eigenvalue weighted by molar-refractivity contribution is 6.00. The number of aromatic nitrogens is 1. The van der Waals surface area contributed by atoms with E-state index in [1.807, 2.05) is 12.1 Å². The van der Waals surface area contributed by atoms with Crippen LogP contribution in [0.2, 0.25) is 0 Å². The van der Waals surface area contributed by atoms with Gasteiger partial charge in [0.15, 0.2) is 5.58 Å². The molecule has 4 nitrogen and oxygen atoms in total. The molecule has 0 radical (unpaired) electrons. The molecule has 0 fully saturated rings. The zero-order valence-electron chi connectivity index (χ0n) is 33.3. The first-order chi connectivity index (χ1) is 30.2. The summed E-state index contributed by atoms with van der Waals surface area (Å²) in [6, 6.07) is 83.5. The fraction of sp³-hybridized carbons (Fsp3) is 0. The van der Waals surface area contributed by atoms with Crippen LogP contribution >= 0.6 is 0 Å². The van der Waals surface area contributed by atoms with Gasteiger partial charge >= 0.3 is 0 Å². The molecular weight excluding hydrogens is 743 g/mol. The fourth-order valence-electron chi connectivity index (χ4n) is 8.48. The van der Waals surface area contributed by atoms with Crippen molar-refractivity contribution in [2.24, 2.45) is 0 Å². The summed E-state index contributed by atoms with van der Waals surface area (Å²) in [7, 11) is 0. The fourth-order valence-corrected chi connectivity index (χ4v) is 8.48. The maximum atomic E-state index is 6.49. The molecular formula is C57H39N3O. The second kappa shape index (κ2) is 15.5. The van der Waals surface area contributed by atoms with E-state index in [0.717, 1.165) is 73.0 Å². The lowest BCUT2D eigenvalue weighted by atomic mass is 9.98. The summed E-state index contributed by atoms with van der Waals surface area (Å²) in [5.41, 5.74) is 13.6. The van der Waals surface area contributed by atoms with Gasteiger partial charge in [-0.05, 0) is 112 Å². The summed E-state index contributed by atoms with van der Waals surface area (Å²) in [5, 5.41) is 4.80. The molecule has 0 bridgehead atoms. The monoisotopic (exact) mass is 781 g/mol. The number of nitrogens with zero attached hydrogens (tertiary/aromatic N) is 3. The SMILES string of the molecule is c1ccc(N(c2ccc(-c3cccc(-c4ccc(-c5nc6ccc(N(c7ccccc7)c7cccc8ccccc78)cc6o5)cc4)c3)cc2)c2cccc3ccccc23)cc1. The Balaban J connectivity index is 0.872. The predicted octanol–water partition coefficient (Wildman–Crippen LogP) is 16.1. The van der Waals surface area contributed by atoms with Crippen LogP contribution in [0.25, 0.3) is 66.4 Å². The van der Waals surface area contributed by atoms with Gasteiger partial charge in [0.2, 0.25) is 5.89 Å². The van der Waals surface area contributed by atoms with Gasteiger partial charge in [-0.15, -0.1) is 0 Å². The summed E-state index contributed by atoms with van der Waals surface area (Å²) in [6.45, 7) is 0. The molecule has 10 aromatic carbocycles. The van der Waals surface area contributed by atoms with Gasteiger partial charge < -0.3 is 14.2 Å². The molecule has 0 atom stereocenters. The Morgan fingerprint density at radius 3 is 1.34 bits per heavy atom. The van der Waals surface area contributed by atoms with E-state index in [2.05, 4.69) is 234 Å². The van der Waals surface area contributed by atoms with Crippen LogP contribution in [0.4, 0.5) is 34.1 Å². The summed E-state index contributed by atoms with van der Waals surface area (Å²) in [6.07, 6.45) is 0. The molecule has 1 aromatic heterocycles. The smallest absolute Gasteiger partial charge is 0.227 e. The van der Waals surface area contributed by atoms with Crippen LogP contribution in [0.1, 0.15) is 0 Å². The second-order valence-electron chi connectivity index (χ2n) is 15.2. The molecule has 1 heterocycles. The lowest BCUT2D eigenvalue weighted by Gasteiger charge is -2.27. The standard InChI is InChI=1S/C57H39N3O/c1-3-20-47(21-4-1)59(54-26-12-16-42-14-7-9-24-51(42)54)49-34-32-41(33-35-49)46-19-11-18-45(38-46)40-28-30-44(31-29-40)57-58-53-37-36-50(39-56(53)61-57)60(48-22-5-2-6-23-48)55-27-13-17-43-15-8-10-25-52(43)55/h1-39H. The molecule has 0 aliphatic rings. The van der Waals surface area contributed by atoms with Crippen molar-refractivity contribution in [3.05, 3.63) is 237 Å². The van der Waals surface area contributed by atoms with Gasteiger partial charge in [-0.25, -0.2) is 4.98 Å². The molecule has 61 heavy (non-hydrogen) atoms. The summed E-state index contributed by atoms with van der Waals surface area (Å²) in [4.78, 5) is 9.54. The number of para-hydroxylation sites is 2. The van der Waals surface area contributed by atoms with E-state index >= 15 is 0 Å². The van der Waals surface area contributed by atoms with Crippen LogP contribution in [-0.4, -0.2) is 4.98 Å². The van der Waals surface area contributed by atoms with Crippen LogP contribution in [0.3, 0.4) is 0 Å². The molecule has 4 heteroatoms. The van der Waals surface area contributed by atoms with Gasteiger partial charge in [0.25, 0.3) is 0 Å². The molecule has 0 spiro atoms. The molecule has 0 aliphatic carbocycles. The number of hydrogen-bond acceptors (Lipinski definition) is 4. The Morgan fingerprint density at radius 2 is 0.754 bits per heavy atom. The zero-order valence-corrected chi connectivity index (χ0v) is 33.3. The van der Waals surface area contributed by atoms with E-state index in [-0.39, 0.29) is 0 Å². The van der Waals surface area contributed by atoms with E-state index in [4.69, 9.17) is 9.40 Å². The Hall–Kier alpha value is -8.21. The normalized spacial score (nSPS) is 11.3. The molecule has 11 aromatic rings. The third-order valence-electron chi connectivity index (χ3n) is 11.5. The molecule has 0 N–H and O–H groups in total. The lowest BCUT2D eigenvalue weighted by Crippen LogP contribution is -2.10.